The van der Waals surface area contributed by atoms with Crippen molar-refractivity contribution >= 4 is 80.0 Å². The summed E-state index contributed by atoms with van der Waals surface area (Å²) in [6.07, 6.45) is 5.66. The SMILES string of the molecule is CCc1ccc2c(cnn2PI)c1Cl.CNc1cc(Nc2ccccc2C(C)=N)cn(C)c1=O.O=Cc1ccccc1F. The first-order chi connectivity index (χ1) is 20.6. The van der Waals surface area contributed by atoms with E-state index < -0.39 is 5.82 Å². The van der Waals surface area contributed by atoms with E-state index in [0.717, 1.165) is 39.3 Å². The predicted molar refractivity (Wildman–Crippen MR) is 187 cm³/mol. The Balaban J connectivity index is 0.000000191. The molecule has 12 heteroatoms. The van der Waals surface area contributed by atoms with Crippen molar-refractivity contribution in [1.29, 1.82) is 5.41 Å². The Morgan fingerprint density at radius 3 is 2.44 bits per heavy atom. The Morgan fingerprint density at radius 2 is 1.84 bits per heavy atom. The van der Waals surface area contributed by atoms with Gasteiger partial charge < -0.3 is 20.6 Å². The molecule has 5 rings (SSSR count). The maximum atomic E-state index is 12.4. The highest BCUT2D eigenvalue weighted by Crippen LogP contribution is 2.33. The van der Waals surface area contributed by atoms with Crippen molar-refractivity contribution in [2.75, 3.05) is 17.7 Å². The Morgan fingerprint density at radius 1 is 1.14 bits per heavy atom. The third kappa shape index (κ3) is 8.72. The lowest BCUT2D eigenvalue weighted by Crippen LogP contribution is -2.19. The Kier molecular flexibility index (Phi) is 12.9. The molecule has 3 aromatic carbocycles. The Hall–Kier alpha value is -3.60. The second-order valence-corrected chi connectivity index (χ2v) is 11.6. The first kappa shape index (κ1) is 33.9. The van der Waals surface area contributed by atoms with Crippen LogP contribution in [0.3, 0.4) is 0 Å². The summed E-state index contributed by atoms with van der Waals surface area (Å²) in [5, 5.41) is 20.1. The summed E-state index contributed by atoms with van der Waals surface area (Å²) in [5.74, 6) is -0.465. The number of carbonyl (C=O) groups excluding carboxylic acids is 1. The number of nitrogens with zero attached hydrogens (tertiary/aromatic N) is 3. The van der Waals surface area contributed by atoms with Gasteiger partial charge in [0.25, 0.3) is 5.56 Å². The number of hydrogen-bond acceptors (Lipinski definition) is 6. The van der Waals surface area contributed by atoms with E-state index >= 15 is 0 Å². The summed E-state index contributed by atoms with van der Waals surface area (Å²) in [4.78, 5) is 21.8. The second-order valence-electron chi connectivity index (χ2n) is 9.21. The van der Waals surface area contributed by atoms with Crippen LogP contribution in [0.25, 0.3) is 10.9 Å². The molecule has 8 nitrogen and oxygen atoms in total. The summed E-state index contributed by atoms with van der Waals surface area (Å²) >= 11 is 8.57. The molecule has 0 aliphatic carbocycles. The van der Waals surface area contributed by atoms with E-state index in [2.05, 4.69) is 56.8 Å². The monoisotopic (exact) mass is 732 g/mol. The van der Waals surface area contributed by atoms with Crippen LogP contribution in [0.4, 0.5) is 21.5 Å². The number of aldehydes is 1. The zero-order valence-electron chi connectivity index (χ0n) is 24.1. The van der Waals surface area contributed by atoms with Crippen LogP contribution in [0.5, 0.6) is 0 Å². The number of anilines is 3. The lowest BCUT2D eigenvalue weighted by atomic mass is 10.1. The molecule has 3 N–H and O–H groups in total. The highest BCUT2D eigenvalue weighted by molar-refractivity contribution is 14.2. The van der Waals surface area contributed by atoms with E-state index in [1.807, 2.05) is 34.9 Å². The number of nitrogens with one attached hydrogen (secondary N) is 3. The van der Waals surface area contributed by atoms with Gasteiger partial charge in [0.05, 0.1) is 34.4 Å². The molecule has 2 heterocycles. The van der Waals surface area contributed by atoms with Crippen molar-refractivity contribution in [2.24, 2.45) is 7.05 Å². The van der Waals surface area contributed by atoms with Gasteiger partial charge in [-0.05, 0) is 71.3 Å². The fourth-order valence-corrected chi connectivity index (χ4v) is 5.94. The summed E-state index contributed by atoms with van der Waals surface area (Å²) in [6, 6.07) is 19.4. The van der Waals surface area contributed by atoms with Gasteiger partial charge in [-0.25, -0.2) is 8.84 Å². The third-order valence-electron chi connectivity index (χ3n) is 6.32. The number of fused-ring (bicyclic) bond motifs is 1. The van der Waals surface area contributed by atoms with Crippen molar-refractivity contribution in [3.8, 4) is 0 Å². The Bertz CT molecular complexity index is 1790. The zero-order valence-corrected chi connectivity index (χ0v) is 28.0. The molecule has 43 heavy (non-hydrogen) atoms. The molecule has 5 aromatic rings. The van der Waals surface area contributed by atoms with Crippen LogP contribution in [0.15, 0.2) is 83.9 Å². The summed E-state index contributed by atoms with van der Waals surface area (Å²) in [6.45, 7) is 3.86. The van der Waals surface area contributed by atoms with Crippen LogP contribution in [-0.2, 0) is 13.5 Å². The minimum atomic E-state index is -0.465. The number of aryl methyl sites for hydroxylation is 2. The highest BCUT2D eigenvalue weighted by Gasteiger charge is 2.09. The number of benzene rings is 3. The van der Waals surface area contributed by atoms with Gasteiger partial charge in [0, 0.05) is 42.6 Å². The first-order valence-electron chi connectivity index (χ1n) is 13.2. The molecular weight excluding hydrogens is 701 g/mol. The van der Waals surface area contributed by atoms with Crippen LogP contribution in [0.1, 0.15) is 35.3 Å². The van der Waals surface area contributed by atoms with E-state index in [1.54, 1.807) is 45.4 Å². The van der Waals surface area contributed by atoms with Crippen molar-refractivity contribution in [3.63, 3.8) is 0 Å². The second kappa shape index (κ2) is 16.3. The topological polar surface area (TPSA) is 105 Å². The number of rotatable bonds is 7. The molecule has 0 saturated heterocycles. The van der Waals surface area contributed by atoms with Crippen LogP contribution in [0, 0.1) is 11.2 Å². The first-order valence-corrected chi connectivity index (χ1v) is 17.6. The molecule has 1 atom stereocenters. The van der Waals surface area contributed by atoms with Crippen LogP contribution in [0.2, 0.25) is 5.02 Å². The largest absolute Gasteiger partial charge is 0.384 e. The van der Waals surface area contributed by atoms with E-state index in [4.69, 9.17) is 17.0 Å². The quantitative estimate of drug-likeness (QED) is 0.0677. The average Bonchev–Trinajstić information content (AvgIpc) is 3.44. The van der Waals surface area contributed by atoms with Crippen LogP contribution in [-0.4, -0.2) is 33.2 Å². The predicted octanol–water partition coefficient (Wildman–Crippen LogP) is 8.24. The van der Waals surface area contributed by atoms with E-state index in [-0.39, 0.29) is 11.1 Å². The number of halogens is 3. The lowest BCUT2D eigenvalue weighted by molar-refractivity contribution is 0.112. The minimum absolute atomic E-state index is 0.0745. The highest BCUT2D eigenvalue weighted by atomic mass is 127. The number of pyridine rings is 1. The van der Waals surface area contributed by atoms with Gasteiger partial charge >= 0.3 is 0 Å². The van der Waals surface area contributed by atoms with Gasteiger partial charge in [0.2, 0.25) is 0 Å². The lowest BCUT2D eigenvalue weighted by Gasteiger charge is -2.13. The molecule has 0 fully saturated rings. The molecule has 0 radical (unpaired) electrons. The van der Waals surface area contributed by atoms with Gasteiger partial charge in [0.1, 0.15) is 11.5 Å². The van der Waals surface area contributed by atoms with Gasteiger partial charge in [0.15, 0.2) is 6.29 Å². The van der Waals surface area contributed by atoms with E-state index in [9.17, 15) is 14.0 Å². The zero-order chi connectivity index (χ0) is 31.5. The fourth-order valence-electron chi connectivity index (χ4n) is 4.06. The molecule has 2 aromatic heterocycles. The van der Waals surface area contributed by atoms with Crippen molar-refractivity contribution < 1.29 is 9.18 Å². The maximum absolute atomic E-state index is 12.4. The standard InChI is InChI=1S/C15H18N4O.C9H9ClIN2P.C7H5FO/c1-10(16)12-6-4-5-7-13(12)18-11-8-14(17-2)15(20)19(3)9-11;1-2-6-3-4-8-7(9(6)10)5-12-13(8)14-11;8-7-4-2-1-3-6(7)5-9/h4-9,16-18H,1-3H3;3-5,14H,2H2,1H3;1-5H. The maximum Gasteiger partial charge on any atom is 0.273 e. The van der Waals surface area contributed by atoms with Gasteiger partial charge in [-0.3, -0.25) is 9.59 Å². The molecule has 224 valence electrons. The molecule has 0 amide bonds. The van der Waals surface area contributed by atoms with Crippen LogP contribution < -0.4 is 16.2 Å². The smallest absolute Gasteiger partial charge is 0.273 e. The molecule has 0 spiro atoms. The molecule has 0 bridgehead atoms. The Labute approximate surface area is 269 Å². The fraction of sp³-hybridized carbons (Fsp3) is 0.161. The number of carbonyl (C=O) groups is 1. The number of aromatic nitrogens is 3. The van der Waals surface area contributed by atoms with E-state index in [1.165, 1.54) is 22.3 Å². The molecule has 0 aliphatic heterocycles. The molecular formula is C31H32ClFIN6O2P. The number of para-hydroxylation sites is 1. The van der Waals surface area contributed by atoms with Crippen molar-refractivity contribution in [2.45, 2.75) is 20.3 Å². The molecule has 0 saturated carbocycles. The van der Waals surface area contributed by atoms with Crippen molar-refractivity contribution in [3.05, 3.63) is 117 Å². The number of hydrogen-bond donors (Lipinski definition) is 3. The molecule has 0 aliphatic rings. The summed E-state index contributed by atoms with van der Waals surface area (Å²) < 4.78 is 15.9. The van der Waals surface area contributed by atoms with E-state index in [0.29, 0.717) is 24.1 Å². The summed E-state index contributed by atoms with van der Waals surface area (Å²) in [5.41, 5.74) is 5.86. The van der Waals surface area contributed by atoms with Crippen LogP contribution >= 0.6 is 40.0 Å². The van der Waals surface area contributed by atoms with Gasteiger partial charge in [-0.15, -0.1) is 0 Å². The summed E-state index contributed by atoms with van der Waals surface area (Å²) in [7, 11) is 3.43. The third-order valence-corrected chi connectivity index (χ3v) is 8.66. The average molecular weight is 733 g/mol. The normalized spacial score (nSPS) is 10.5. The van der Waals surface area contributed by atoms with Gasteiger partial charge in [-0.2, -0.15) is 5.10 Å². The molecule has 1 unspecified atom stereocenters. The van der Waals surface area contributed by atoms with Gasteiger partial charge in [-0.1, -0.05) is 54.9 Å². The van der Waals surface area contributed by atoms with Crippen molar-refractivity contribution in [1.82, 2.24) is 14.1 Å². The minimum Gasteiger partial charge on any atom is -0.384 e.